The quantitative estimate of drug-likeness (QED) is 0.713. The van der Waals surface area contributed by atoms with Gasteiger partial charge in [0.15, 0.2) is 0 Å². The molecule has 0 radical (unpaired) electrons. The Hall–Kier alpha value is -3.09. The van der Waals surface area contributed by atoms with Crippen LogP contribution < -0.4 is 4.90 Å². The zero-order valence-corrected chi connectivity index (χ0v) is 14.5. The van der Waals surface area contributed by atoms with Gasteiger partial charge in [-0.3, -0.25) is 4.79 Å². The second-order valence-electron chi connectivity index (χ2n) is 6.29. The number of carboxylic acid groups (broad SMARTS) is 1. The Morgan fingerprint density at radius 3 is 2.44 bits per heavy atom. The highest BCUT2D eigenvalue weighted by atomic mass is 19.4. The zero-order valence-electron chi connectivity index (χ0n) is 14.5. The molecule has 2 aromatic carbocycles. The number of carboxylic acids is 1. The van der Waals surface area contributed by atoms with E-state index in [9.17, 15) is 18.0 Å². The van der Waals surface area contributed by atoms with Gasteiger partial charge in [0.05, 0.1) is 11.9 Å². The van der Waals surface area contributed by atoms with Crippen molar-refractivity contribution in [1.82, 2.24) is 4.98 Å². The predicted molar refractivity (Wildman–Crippen MR) is 97.8 cm³/mol. The second kappa shape index (κ2) is 7.26. The summed E-state index contributed by atoms with van der Waals surface area (Å²) in [7, 11) is 1.61. The van der Waals surface area contributed by atoms with Crippen LogP contribution in [0.15, 0.2) is 54.6 Å². The van der Waals surface area contributed by atoms with Gasteiger partial charge in [0.2, 0.25) is 0 Å². The van der Waals surface area contributed by atoms with Crippen LogP contribution in [-0.4, -0.2) is 35.8 Å². The van der Waals surface area contributed by atoms with E-state index in [0.717, 1.165) is 5.56 Å². The van der Waals surface area contributed by atoms with Crippen LogP contribution in [0.5, 0.6) is 0 Å². The van der Waals surface area contributed by atoms with Crippen molar-refractivity contribution in [2.24, 2.45) is 0 Å². The zero-order chi connectivity index (χ0) is 19.6. The molecule has 7 heteroatoms. The van der Waals surface area contributed by atoms with Crippen molar-refractivity contribution in [2.45, 2.75) is 12.6 Å². The van der Waals surface area contributed by atoms with Gasteiger partial charge in [-0.05, 0) is 34.9 Å². The fraction of sp³-hybridized carbons (Fsp3) is 0.200. The number of anilines is 1. The van der Waals surface area contributed by atoms with Crippen LogP contribution in [0, 0.1) is 0 Å². The molecule has 140 valence electrons. The summed E-state index contributed by atoms with van der Waals surface area (Å²) < 4.78 is 38.3. The molecular formula is C20H17F3N2O2. The van der Waals surface area contributed by atoms with E-state index in [1.807, 2.05) is 30.3 Å². The first-order chi connectivity index (χ1) is 12.7. The molecule has 0 atom stereocenters. The Labute approximate surface area is 153 Å². The summed E-state index contributed by atoms with van der Waals surface area (Å²) in [6.45, 7) is -0.237. The summed E-state index contributed by atoms with van der Waals surface area (Å²) in [6, 6.07) is 15.4. The average molecular weight is 374 g/mol. The van der Waals surface area contributed by atoms with Crippen LogP contribution in [-0.2, 0) is 11.2 Å². The summed E-state index contributed by atoms with van der Waals surface area (Å²) in [6.07, 6.45) is -5.31. The molecule has 3 rings (SSSR count). The Bertz CT molecular complexity index is 972. The van der Waals surface area contributed by atoms with Crippen molar-refractivity contribution in [3.8, 4) is 11.1 Å². The Morgan fingerprint density at radius 2 is 1.81 bits per heavy atom. The molecule has 4 nitrogen and oxygen atoms in total. The third-order valence-electron chi connectivity index (χ3n) is 4.11. The molecule has 0 aliphatic rings. The average Bonchev–Trinajstić information content (AvgIpc) is 2.59. The number of carbonyl (C=O) groups is 1. The summed E-state index contributed by atoms with van der Waals surface area (Å²) >= 11 is 0. The van der Waals surface area contributed by atoms with Gasteiger partial charge >= 0.3 is 12.1 Å². The highest BCUT2D eigenvalue weighted by molar-refractivity contribution is 5.96. The van der Waals surface area contributed by atoms with E-state index in [2.05, 4.69) is 4.98 Å². The fourth-order valence-corrected chi connectivity index (χ4v) is 2.94. The number of alkyl halides is 3. The minimum Gasteiger partial charge on any atom is -0.480 e. The second-order valence-corrected chi connectivity index (χ2v) is 6.29. The number of aliphatic carboxylic acids is 1. The maximum Gasteiger partial charge on any atom is 0.393 e. The summed E-state index contributed by atoms with van der Waals surface area (Å²) in [5.74, 6) is -0.562. The number of nitrogens with zero attached hydrogens (tertiary/aromatic N) is 2. The molecule has 0 aliphatic carbocycles. The lowest BCUT2D eigenvalue weighted by molar-refractivity contribution is -0.135. The SMILES string of the molecule is CN(CC(=O)O)c1cc(-c2ccccc2)c2cc(CC(F)(F)F)ccc2n1. The van der Waals surface area contributed by atoms with E-state index in [4.69, 9.17) is 5.11 Å². The first-order valence-corrected chi connectivity index (χ1v) is 8.22. The van der Waals surface area contributed by atoms with E-state index in [1.165, 1.54) is 17.0 Å². The van der Waals surface area contributed by atoms with Gasteiger partial charge in [-0.25, -0.2) is 4.98 Å². The number of benzene rings is 2. The van der Waals surface area contributed by atoms with Crippen LogP contribution in [0.2, 0.25) is 0 Å². The molecule has 0 aliphatic heterocycles. The number of fused-ring (bicyclic) bond motifs is 1. The maximum absolute atomic E-state index is 12.8. The van der Waals surface area contributed by atoms with E-state index >= 15 is 0 Å². The smallest absolute Gasteiger partial charge is 0.393 e. The van der Waals surface area contributed by atoms with Crippen molar-refractivity contribution < 1.29 is 23.1 Å². The molecule has 1 N–H and O–H groups in total. The molecule has 0 amide bonds. The standard InChI is InChI=1S/C20H17F3N2O2/c1-25(12-19(26)27)18-10-15(14-5-3-2-4-6-14)16-9-13(11-20(21,22)23)7-8-17(16)24-18/h2-10H,11-12H2,1H3,(H,26,27). The molecule has 0 spiro atoms. The fourth-order valence-electron chi connectivity index (χ4n) is 2.94. The summed E-state index contributed by atoms with van der Waals surface area (Å²) in [4.78, 5) is 16.9. The molecule has 1 aromatic heterocycles. The predicted octanol–water partition coefficient (Wildman–Crippen LogP) is 4.53. The van der Waals surface area contributed by atoms with Crippen LogP contribution in [0.4, 0.5) is 19.0 Å². The molecule has 1 heterocycles. The number of pyridine rings is 1. The first-order valence-electron chi connectivity index (χ1n) is 8.22. The van der Waals surface area contributed by atoms with E-state index < -0.39 is 18.6 Å². The van der Waals surface area contributed by atoms with E-state index in [0.29, 0.717) is 22.3 Å². The highest BCUT2D eigenvalue weighted by Crippen LogP contribution is 2.33. The molecule has 0 bridgehead atoms. The topological polar surface area (TPSA) is 53.4 Å². The molecule has 0 saturated carbocycles. The third kappa shape index (κ3) is 4.55. The van der Waals surface area contributed by atoms with E-state index in [1.54, 1.807) is 19.2 Å². The van der Waals surface area contributed by atoms with Crippen LogP contribution in [0.3, 0.4) is 0 Å². The van der Waals surface area contributed by atoms with Crippen molar-refractivity contribution in [1.29, 1.82) is 0 Å². The lowest BCUT2D eigenvalue weighted by Crippen LogP contribution is -2.26. The first kappa shape index (κ1) is 18.7. The minimum absolute atomic E-state index is 0.153. The molecule has 3 aromatic rings. The van der Waals surface area contributed by atoms with Gasteiger partial charge in [-0.1, -0.05) is 36.4 Å². The third-order valence-corrected chi connectivity index (χ3v) is 4.11. The van der Waals surface area contributed by atoms with Gasteiger partial charge in [0.1, 0.15) is 12.4 Å². The van der Waals surface area contributed by atoms with Gasteiger partial charge in [-0.2, -0.15) is 13.2 Å². The van der Waals surface area contributed by atoms with Crippen molar-refractivity contribution in [2.75, 3.05) is 18.5 Å². The Kier molecular flexibility index (Phi) is 5.03. The van der Waals surface area contributed by atoms with Gasteiger partial charge in [-0.15, -0.1) is 0 Å². The lowest BCUT2D eigenvalue weighted by atomic mass is 9.98. The number of hydrogen-bond acceptors (Lipinski definition) is 3. The molecule has 0 unspecified atom stereocenters. The normalized spacial score (nSPS) is 11.6. The summed E-state index contributed by atoms with van der Waals surface area (Å²) in [5, 5.41) is 9.61. The molecule has 0 fully saturated rings. The van der Waals surface area contributed by atoms with Gasteiger partial charge in [0, 0.05) is 12.4 Å². The number of aromatic nitrogens is 1. The molecule has 27 heavy (non-hydrogen) atoms. The maximum atomic E-state index is 12.8. The Morgan fingerprint density at radius 1 is 1.11 bits per heavy atom. The number of hydrogen-bond donors (Lipinski definition) is 1. The minimum atomic E-state index is -4.30. The van der Waals surface area contributed by atoms with Crippen molar-refractivity contribution in [3.63, 3.8) is 0 Å². The number of rotatable bonds is 5. The number of likely N-dealkylation sites (N-methyl/N-ethyl adjacent to an activating group) is 1. The van der Waals surface area contributed by atoms with Crippen LogP contribution >= 0.6 is 0 Å². The summed E-state index contributed by atoms with van der Waals surface area (Å²) in [5.41, 5.74) is 2.19. The van der Waals surface area contributed by atoms with Crippen molar-refractivity contribution in [3.05, 3.63) is 60.2 Å². The van der Waals surface area contributed by atoms with Crippen LogP contribution in [0.1, 0.15) is 5.56 Å². The van der Waals surface area contributed by atoms with Crippen LogP contribution in [0.25, 0.3) is 22.0 Å². The lowest BCUT2D eigenvalue weighted by Gasteiger charge is -2.19. The Balaban J connectivity index is 2.18. The molecule has 0 saturated heterocycles. The van der Waals surface area contributed by atoms with Gasteiger partial charge in [0.25, 0.3) is 0 Å². The highest BCUT2D eigenvalue weighted by Gasteiger charge is 2.27. The molecular weight excluding hydrogens is 357 g/mol. The van der Waals surface area contributed by atoms with Gasteiger partial charge < -0.3 is 10.0 Å². The number of halogens is 3. The van der Waals surface area contributed by atoms with E-state index in [-0.39, 0.29) is 12.1 Å². The monoisotopic (exact) mass is 374 g/mol. The van der Waals surface area contributed by atoms with Crippen molar-refractivity contribution >= 4 is 22.7 Å². The largest absolute Gasteiger partial charge is 0.480 e.